The highest BCUT2D eigenvalue weighted by molar-refractivity contribution is 5.95. The predicted octanol–water partition coefficient (Wildman–Crippen LogP) is 2.81. The van der Waals surface area contributed by atoms with Gasteiger partial charge in [0.1, 0.15) is 11.6 Å². The van der Waals surface area contributed by atoms with Gasteiger partial charge >= 0.3 is 0 Å². The van der Waals surface area contributed by atoms with Gasteiger partial charge in [0.2, 0.25) is 0 Å². The molecule has 0 aliphatic carbocycles. The third-order valence-corrected chi connectivity index (χ3v) is 5.57. The number of hydrogen-bond acceptors (Lipinski definition) is 4. The molecule has 0 unspecified atom stereocenters. The van der Waals surface area contributed by atoms with Gasteiger partial charge in [0, 0.05) is 37.1 Å². The smallest absolute Gasteiger partial charge is 0.270 e. The van der Waals surface area contributed by atoms with Crippen LogP contribution in [-0.2, 0) is 7.05 Å². The number of anilines is 1. The number of carbonyl (C=O) groups excluding carboxylic acids is 1. The number of aromatic nitrogens is 1. The van der Waals surface area contributed by atoms with Crippen molar-refractivity contribution >= 4 is 22.5 Å². The van der Waals surface area contributed by atoms with Gasteiger partial charge in [-0.2, -0.15) is 5.26 Å². The molecule has 2 aromatic carbocycles. The maximum absolute atomic E-state index is 12.7. The average molecular weight is 386 g/mol. The Hall–Kier alpha value is -3.59. The van der Waals surface area contributed by atoms with Gasteiger partial charge in [-0.15, -0.1) is 0 Å². The van der Waals surface area contributed by atoms with Crippen molar-refractivity contribution in [2.45, 2.75) is 18.9 Å². The Labute approximate surface area is 169 Å². The first-order chi connectivity index (χ1) is 14.1. The van der Waals surface area contributed by atoms with Crippen molar-refractivity contribution in [3.05, 3.63) is 76.1 Å². The molecule has 2 heterocycles. The molecule has 1 aliphatic heterocycles. The van der Waals surface area contributed by atoms with E-state index in [1.807, 2.05) is 42.5 Å². The number of nitriles is 1. The molecule has 1 amide bonds. The molecule has 29 heavy (non-hydrogen) atoms. The van der Waals surface area contributed by atoms with Crippen LogP contribution in [0.25, 0.3) is 10.9 Å². The number of aryl methyl sites for hydroxylation is 1. The van der Waals surface area contributed by atoms with Crippen molar-refractivity contribution in [3.63, 3.8) is 0 Å². The van der Waals surface area contributed by atoms with Crippen LogP contribution in [0.15, 0.2) is 59.4 Å². The standard InChI is InChI=1S/C23H22N4O2/c1-26-20-10-6-5-9-18(20)21(19(15-24)23(26)29)27-13-11-17(12-14-27)25-22(28)16-7-3-2-4-8-16/h2-10,17H,11-14H2,1H3,(H,25,28). The van der Waals surface area contributed by atoms with E-state index in [4.69, 9.17) is 0 Å². The quantitative estimate of drug-likeness (QED) is 0.751. The molecule has 0 bridgehead atoms. The molecule has 1 N–H and O–H groups in total. The number of hydrogen-bond donors (Lipinski definition) is 1. The Bertz CT molecular complexity index is 1150. The lowest BCUT2D eigenvalue weighted by atomic mass is 10.0. The van der Waals surface area contributed by atoms with Gasteiger partial charge in [0.25, 0.3) is 11.5 Å². The van der Waals surface area contributed by atoms with E-state index >= 15 is 0 Å². The fraction of sp³-hybridized carbons (Fsp3) is 0.261. The highest BCUT2D eigenvalue weighted by Gasteiger charge is 2.26. The van der Waals surface area contributed by atoms with Crippen LogP contribution in [0.3, 0.4) is 0 Å². The largest absolute Gasteiger partial charge is 0.370 e. The molecule has 3 aromatic rings. The summed E-state index contributed by atoms with van der Waals surface area (Å²) in [7, 11) is 1.70. The number of carbonyl (C=O) groups is 1. The van der Waals surface area contributed by atoms with E-state index < -0.39 is 0 Å². The third-order valence-electron chi connectivity index (χ3n) is 5.57. The van der Waals surface area contributed by atoms with E-state index in [9.17, 15) is 14.9 Å². The van der Waals surface area contributed by atoms with Crippen molar-refractivity contribution in [2.24, 2.45) is 7.05 Å². The fourth-order valence-corrected chi connectivity index (χ4v) is 4.01. The van der Waals surface area contributed by atoms with Crippen LogP contribution in [0, 0.1) is 11.3 Å². The molecule has 6 heteroatoms. The van der Waals surface area contributed by atoms with Crippen LogP contribution in [0.1, 0.15) is 28.8 Å². The second kappa shape index (κ2) is 7.80. The number of piperidine rings is 1. The highest BCUT2D eigenvalue weighted by atomic mass is 16.1. The lowest BCUT2D eigenvalue weighted by Crippen LogP contribution is -2.45. The van der Waals surface area contributed by atoms with Crippen molar-refractivity contribution in [1.82, 2.24) is 9.88 Å². The van der Waals surface area contributed by atoms with Gasteiger partial charge in [-0.3, -0.25) is 9.59 Å². The summed E-state index contributed by atoms with van der Waals surface area (Å²) in [5.74, 6) is -0.0687. The molecular weight excluding hydrogens is 364 g/mol. The van der Waals surface area contributed by atoms with Crippen LogP contribution in [0.2, 0.25) is 0 Å². The fourth-order valence-electron chi connectivity index (χ4n) is 4.01. The maximum atomic E-state index is 12.7. The number of para-hydroxylation sites is 1. The molecule has 1 aromatic heterocycles. The number of fused-ring (bicyclic) bond motifs is 1. The minimum atomic E-state index is -0.277. The van der Waals surface area contributed by atoms with Crippen molar-refractivity contribution in [1.29, 1.82) is 5.26 Å². The minimum absolute atomic E-state index is 0.0687. The summed E-state index contributed by atoms with van der Waals surface area (Å²) in [5.41, 5.74) is 2.07. The van der Waals surface area contributed by atoms with Crippen molar-refractivity contribution < 1.29 is 4.79 Å². The molecule has 0 radical (unpaired) electrons. The first-order valence-electron chi connectivity index (χ1n) is 9.73. The first kappa shape index (κ1) is 18.8. The number of amides is 1. The summed E-state index contributed by atoms with van der Waals surface area (Å²) in [6, 6.07) is 19.0. The average Bonchev–Trinajstić information content (AvgIpc) is 2.77. The lowest BCUT2D eigenvalue weighted by Gasteiger charge is -2.35. The topological polar surface area (TPSA) is 78.1 Å². The Morgan fingerprint density at radius 3 is 2.41 bits per heavy atom. The normalized spacial score (nSPS) is 14.6. The molecule has 1 fully saturated rings. The third kappa shape index (κ3) is 3.47. The van der Waals surface area contributed by atoms with Crippen LogP contribution in [0.4, 0.5) is 5.69 Å². The minimum Gasteiger partial charge on any atom is -0.370 e. The summed E-state index contributed by atoms with van der Waals surface area (Å²) in [4.78, 5) is 27.2. The number of nitrogens with one attached hydrogen (secondary N) is 1. The summed E-state index contributed by atoms with van der Waals surface area (Å²) >= 11 is 0. The van der Waals surface area contributed by atoms with Crippen LogP contribution >= 0.6 is 0 Å². The zero-order valence-electron chi connectivity index (χ0n) is 16.3. The zero-order chi connectivity index (χ0) is 20.4. The molecule has 0 spiro atoms. The number of benzene rings is 2. The van der Waals surface area contributed by atoms with Gasteiger partial charge in [0.15, 0.2) is 0 Å². The van der Waals surface area contributed by atoms with E-state index in [1.165, 1.54) is 4.57 Å². The van der Waals surface area contributed by atoms with E-state index in [2.05, 4.69) is 16.3 Å². The zero-order valence-corrected chi connectivity index (χ0v) is 16.3. The van der Waals surface area contributed by atoms with Gasteiger partial charge < -0.3 is 14.8 Å². The Morgan fingerprint density at radius 1 is 1.07 bits per heavy atom. The van der Waals surface area contributed by atoms with Gasteiger partial charge in [-0.25, -0.2) is 0 Å². The Balaban J connectivity index is 1.57. The molecule has 4 rings (SSSR count). The second-order valence-electron chi connectivity index (χ2n) is 7.32. The van der Waals surface area contributed by atoms with Crippen LogP contribution in [0.5, 0.6) is 0 Å². The number of rotatable bonds is 3. The second-order valence-corrected chi connectivity index (χ2v) is 7.32. The number of nitrogens with zero attached hydrogens (tertiary/aromatic N) is 3. The summed E-state index contributed by atoms with van der Waals surface area (Å²) in [6.45, 7) is 1.34. The molecule has 146 valence electrons. The van der Waals surface area contributed by atoms with Crippen molar-refractivity contribution in [3.8, 4) is 6.07 Å². The molecule has 1 saturated heterocycles. The van der Waals surface area contributed by atoms with E-state index in [1.54, 1.807) is 19.2 Å². The van der Waals surface area contributed by atoms with Crippen LogP contribution in [-0.4, -0.2) is 29.6 Å². The van der Waals surface area contributed by atoms with E-state index in [0.717, 1.165) is 23.7 Å². The first-order valence-corrected chi connectivity index (χ1v) is 9.73. The molecule has 6 nitrogen and oxygen atoms in total. The van der Waals surface area contributed by atoms with Gasteiger partial charge in [-0.05, 0) is 31.0 Å². The monoisotopic (exact) mass is 386 g/mol. The summed E-state index contributed by atoms with van der Waals surface area (Å²) in [6.07, 6.45) is 1.51. The van der Waals surface area contributed by atoms with E-state index in [-0.39, 0.29) is 23.1 Å². The molecule has 0 saturated carbocycles. The van der Waals surface area contributed by atoms with Crippen LogP contribution < -0.4 is 15.8 Å². The van der Waals surface area contributed by atoms with Crippen molar-refractivity contribution in [2.75, 3.05) is 18.0 Å². The highest BCUT2D eigenvalue weighted by Crippen LogP contribution is 2.30. The molecule has 1 aliphatic rings. The van der Waals surface area contributed by atoms with Gasteiger partial charge in [-0.1, -0.05) is 36.4 Å². The summed E-state index contributed by atoms with van der Waals surface area (Å²) < 4.78 is 1.53. The predicted molar refractivity (Wildman–Crippen MR) is 113 cm³/mol. The lowest BCUT2D eigenvalue weighted by molar-refractivity contribution is 0.0931. The molecular formula is C23H22N4O2. The SMILES string of the molecule is Cn1c(=O)c(C#N)c(N2CCC(NC(=O)c3ccccc3)CC2)c2ccccc21. The Morgan fingerprint density at radius 2 is 1.72 bits per heavy atom. The Kier molecular flexibility index (Phi) is 5.05. The number of pyridine rings is 1. The molecule has 0 atom stereocenters. The maximum Gasteiger partial charge on any atom is 0.270 e. The van der Waals surface area contributed by atoms with Gasteiger partial charge in [0.05, 0.1) is 11.2 Å². The van der Waals surface area contributed by atoms with E-state index in [0.29, 0.717) is 24.3 Å². The summed E-state index contributed by atoms with van der Waals surface area (Å²) in [5, 5.41) is 13.7.